The molecule has 2 nitrogen and oxygen atoms in total. The lowest BCUT2D eigenvalue weighted by molar-refractivity contribution is 0.307. The van der Waals surface area contributed by atoms with Crippen LogP contribution >= 0.6 is 15.9 Å². The van der Waals surface area contributed by atoms with Crippen molar-refractivity contribution in [3.05, 3.63) is 64.6 Å². The minimum Gasteiger partial charge on any atom is -0.492 e. The molecule has 0 aliphatic rings. The lowest BCUT2D eigenvalue weighted by Gasteiger charge is -2.15. The molecule has 0 fully saturated rings. The van der Waals surface area contributed by atoms with Crippen LogP contribution in [0.3, 0.4) is 0 Å². The molecule has 19 heavy (non-hydrogen) atoms. The highest BCUT2D eigenvalue weighted by atomic mass is 79.9. The summed E-state index contributed by atoms with van der Waals surface area (Å²) in [4.78, 5) is 0. The van der Waals surface area contributed by atoms with Gasteiger partial charge in [0, 0.05) is 17.1 Å². The molecule has 1 unspecified atom stereocenters. The maximum atomic E-state index is 5.64. The number of hydrogen-bond acceptors (Lipinski definition) is 2. The van der Waals surface area contributed by atoms with Crippen molar-refractivity contribution in [1.29, 1.82) is 0 Å². The van der Waals surface area contributed by atoms with Crippen LogP contribution in [0.1, 0.15) is 18.5 Å². The quantitative estimate of drug-likeness (QED) is 0.806. The van der Waals surface area contributed by atoms with E-state index in [4.69, 9.17) is 4.74 Å². The van der Waals surface area contributed by atoms with Crippen molar-refractivity contribution >= 4 is 15.9 Å². The summed E-state index contributed by atoms with van der Waals surface area (Å²) in [5, 5.41) is 3.45. The molecule has 0 aliphatic carbocycles. The van der Waals surface area contributed by atoms with Gasteiger partial charge >= 0.3 is 0 Å². The van der Waals surface area contributed by atoms with Gasteiger partial charge in [0.25, 0.3) is 0 Å². The summed E-state index contributed by atoms with van der Waals surface area (Å²) in [6, 6.07) is 18.6. The summed E-state index contributed by atoms with van der Waals surface area (Å²) >= 11 is 3.49. The Kier molecular flexibility index (Phi) is 5.43. The van der Waals surface area contributed by atoms with Crippen molar-refractivity contribution in [3.8, 4) is 5.75 Å². The Morgan fingerprint density at radius 1 is 1.11 bits per heavy atom. The van der Waals surface area contributed by atoms with Gasteiger partial charge in [0.2, 0.25) is 0 Å². The van der Waals surface area contributed by atoms with Crippen LogP contribution in [0.4, 0.5) is 0 Å². The first kappa shape index (κ1) is 14.1. The van der Waals surface area contributed by atoms with Crippen LogP contribution in [0.25, 0.3) is 0 Å². The van der Waals surface area contributed by atoms with Gasteiger partial charge in [-0.3, -0.25) is 0 Å². The van der Waals surface area contributed by atoms with Crippen LogP contribution in [0.15, 0.2) is 59.1 Å². The smallest absolute Gasteiger partial charge is 0.119 e. The van der Waals surface area contributed by atoms with E-state index in [1.165, 1.54) is 5.56 Å². The highest BCUT2D eigenvalue weighted by molar-refractivity contribution is 9.10. The molecule has 2 aromatic carbocycles. The maximum absolute atomic E-state index is 5.64. The van der Waals surface area contributed by atoms with E-state index in [2.05, 4.69) is 46.4 Å². The van der Waals surface area contributed by atoms with Gasteiger partial charge in [0.1, 0.15) is 12.4 Å². The highest BCUT2D eigenvalue weighted by Crippen LogP contribution is 2.17. The normalized spacial score (nSPS) is 12.1. The third-order valence-corrected chi connectivity index (χ3v) is 3.41. The topological polar surface area (TPSA) is 21.3 Å². The van der Waals surface area contributed by atoms with Gasteiger partial charge in [-0.05, 0) is 36.8 Å². The molecule has 0 heterocycles. The Bertz CT molecular complexity index is 501. The lowest BCUT2D eigenvalue weighted by Crippen LogP contribution is -2.24. The van der Waals surface area contributed by atoms with Gasteiger partial charge in [-0.1, -0.05) is 46.3 Å². The first-order valence-corrected chi connectivity index (χ1v) is 7.22. The molecule has 0 saturated heterocycles. The van der Waals surface area contributed by atoms with E-state index in [1.54, 1.807) is 0 Å². The fourth-order valence-electron chi connectivity index (χ4n) is 1.85. The summed E-state index contributed by atoms with van der Waals surface area (Å²) in [5.41, 5.74) is 1.27. The van der Waals surface area contributed by atoms with Crippen LogP contribution < -0.4 is 10.1 Å². The molecule has 0 aliphatic heterocycles. The van der Waals surface area contributed by atoms with Crippen molar-refractivity contribution in [1.82, 2.24) is 5.32 Å². The third kappa shape index (κ3) is 4.69. The molecule has 2 rings (SSSR count). The molecule has 0 bridgehead atoms. The molecule has 2 aromatic rings. The molecular weight excluding hydrogens is 302 g/mol. The van der Waals surface area contributed by atoms with Crippen molar-refractivity contribution < 1.29 is 4.74 Å². The zero-order chi connectivity index (χ0) is 13.5. The summed E-state index contributed by atoms with van der Waals surface area (Å²) < 4.78 is 6.75. The summed E-state index contributed by atoms with van der Waals surface area (Å²) in [6.45, 7) is 3.65. The number of ether oxygens (including phenoxy) is 1. The number of rotatable bonds is 6. The third-order valence-electron chi connectivity index (χ3n) is 2.91. The molecule has 1 N–H and O–H groups in total. The van der Waals surface area contributed by atoms with Gasteiger partial charge in [0.05, 0.1) is 0 Å². The lowest BCUT2D eigenvalue weighted by atomic mass is 10.1. The van der Waals surface area contributed by atoms with Crippen LogP contribution in [-0.2, 0) is 0 Å². The van der Waals surface area contributed by atoms with Crippen LogP contribution in [0.2, 0.25) is 0 Å². The molecule has 0 aromatic heterocycles. The number of benzene rings is 2. The Balaban J connectivity index is 1.74. The fraction of sp³-hybridized carbons (Fsp3) is 0.250. The zero-order valence-corrected chi connectivity index (χ0v) is 12.6. The highest BCUT2D eigenvalue weighted by Gasteiger charge is 2.04. The van der Waals surface area contributed by atoms with Crippen molar-refractivity contribution in [3.63, 3.8) is 0 Å². The predicted molar refractivity (Wildman–Crippen MR) is 82.5 cm³/mol. The standard InChI is InChI=1S/C16H18BrNO/c1-13(14-6-5-7-15(17)12-14)18-10-11-19-16-8-3-2-4-9-16/h2-9,12-13,18H,10-11H2,1H3. The van der Waals surface area contributed by atoms with E-state index in [9.17, 15) is 0 Å². The predicted octanol–water partition coefficient (Wildman–Crippen LogP) is 4.18. The molecule has 0 amide bonds. The van der Waals surface area contributed by atoms with Crippen molar-refractivity contribution in [2.24, 2.45) is 0 Å². The first-order chi connectivity index (χ1) is 9.25. The molecule has 100 valence electrons. The van der Waals surface area contributed by atoms with E-state index in [0.29, 0.717) is 12.6 Å². The number of hydrogen-bond donors (Lipinski definition) is 1. The fourth-order valence-corrected chi connectivity index (χ4v) is 2.27. The summed E-state index contributed by atoms with van der Waals surface area (Å²) in [7, 11) is 0. The van der Waals surface area contributed by atoms with Crippen LogP contribution in [0, 0.1) is 0 Å². The maximum Gasteiger partial charge on any atom is 0.119 e. The van der Waals surface area contributed by atoms with E-state index >= 15 is 0 Å². The number of nitrogens with one attached hydrogen (secondary N) is 1. The van der Waals surface area contributed by atoms with E-state index in [0.717, 1.165) is 16.8 Å². The Hall–Kier alpha value is -1.32. The van der Waals surface area contributed by atoms with Gasteiger partial charge in [-0.25, -0.2) is 0 Å². The first-order valence-electron chi connectivity index (χ1n) is 6.42. The summed E-state index contributed by atoms with van der Waals surface area (Å²) in [6.07, 6.45) is 0. The van der Waals surface area contributed by atoms with Crippen molar-refractivity contribution in [2.45, 2.75) is 13.0 Å². The Labute approximate surface area is 122 Å². The van der Waals surface area contributed by atoms with Crippen LogP contribution in [0.5, 0.6) is 5.75 Å². The second kappa shape index (κ2) is 7.31. The van der Waals surface area contributed by atoms with E-state index in [1.807, 2.05) is 36.4 Å². The van der Waals surface area contributed by atoms with E-state index in [-0.39, 0.29) is 0 Å². The summed E-state index contributed by atoms with van der Waals surface area (Å²) in [5.74, 6) is 0.916. The number of halogens is 1. The largest absolute Gasteiger partial charge is 0.492 e. The second-order valence-corrected chi connectivity index (χ2v) is 5.31. The van der Waals surface area contributed by atoms with Crippen molar-refractivity contribution in [2.75, 3.05) is 13.2 Å². The molecule has 0 saturated carbocycles. The van der Waals surface area contributed by atoms with Gasteiger partial charge in [-0.15, -0.1) is 0 Å². The van der Waals surface area contributed by atoms with Gasteiger partial charge in [-0.2, -0.15) is 0 Å². The number of para-hydroxylation sites is 1. The molecule has 0 spiro atoms. The molecule has 1 atom stereocenters. The van der Waals surface area contributed by atoms with Gasteiger partial charge in [0.15, 0.2) is 0 Å². The van der Waals surface area contributed by atoms with Gasteiger partial charge < -0.3 is 10.1 Å². The average Bonchev–Trinajstić information content (AvgIpc) is 2.44. The minimum absolute atomic E-state index is 0.317. The Morgan fingerprint density at radius 3 is 2.63 bits per heavy atom. The minimum atomic E-state index is 0.317. The molecular formula is C16H18BrNO. The zero-order valence-electron chi connectivity index (χ0n) is 11.0. The molecule has 3 heteroatoms. The monoisotopic (exact) mass is 319 g/mol. The van der Waals surface area contributed by atoms with Crippen LogP contribution in [-0.4, -0.2) is 13.2 Å². The second-order valence-electron chi connectivity index (χ2n) is 4.39. The van der Waals surface area contributed by atoms with E-state index < -0.39 is 0 Å². The average molecular weight is 320 g/mol. The Morgan fingerprint density at radius 2 is 1.89 bits per heavy atom. The molecule has 0 radical (unpaired) electrons. The SMILES string of the molecule is CC(NCCOc1ccccc1)c1cccc(Br)c1.